The van der Waals surface area contributed by atoms with Crippen LogP contribution in [-0.4, -0.2) is 27.3 Å². The number of aromatic nitrogens is 2. The van der Waals surface area contributed by atoms with Crippen LogP contribution in [0.25, 0.3) is 0 Å². The second-order valence-electron chi connectivity index (χ2n) is 9.33. The highest BCUT2D eigenvalue weighted by atomic mass is 35.5. The molecular weight excluding hydrogens is 428 g/mol. The minimum absolute atomic E-state index is 0.00254. The van der Waals surface area contributed by atoms with Crippen molar-refractivity contribution < 1.29 is 4.79 Å². The summed E-state index contributed by atoms with van der Waals surface area (Å²) in [5, 5.41) is 13.9. The van der Waals surface area contributed by atoms with E-state index in [1.54, 1.807) is 12.1 Å². The summed E-state index contributed by atoms with van der Waals surface area (Å²) in [6.07, 6.45) is 4.72. The number of hydrogen-bond acceptors (Lipinski definition) is 5. The number of fused-ring (bicyclic) bond motifs is 1. The predicted octanol–water partition coefficient (Wildman–Crippen LogP) is 3.07. The zero-order valence-corrected chi connectivity index (χ0v) is 19.1. The minimum Gasteiger partial charge on any atom is -0.384 e. The summed E-state index contributed by atoms with van der Waals surface area (Å²) in [7, 11) is 0. The molecule has 9 heteroatoms. The first-order valence-corrected chi connectivity index (χ1v) is 11.4. The summed E-state index contributed by atoms with van der Waals surface area (Å²) in [6, 6.07) is 6.68. The van der Waals surface area contributed by atoms with Crippen LogP contribution in [0.15, 0.2) is 29.1 Å². The summed E-state index contributed by atoms with van der Waals surface area (Å²) in [6.45, 7) is 4.26. The summed E-state index contributed by atoms with van der Waals surface area (Å²) >= 11 is 6.53. The van der Waals surface area contributed by atoms with Gasteiger partial charge in [-0.15, -0.1) is 0 Å². The molecule has 32 heavy (non-hydrogen) atoms. The molecule has 1 saturated carbocycles. The molecule has 1 aromatic carbocycles. The number of carbonyl (C=O) groups excluding carboxylic acids is 1. The molecule has 0 spiro atoms. The van der Waals surface area contributed by atoms with Gasteiger partial charge in [-0.25, -0.2) is 4.98 Å². The maximum atomic E-state index is 13.3. The Kier molecular flexibility index (Phi) is 5.99. The number of nitrogen functional groups attached to an aromatic ring is 1. The van der Waals surface area contributed by atoms with Crippen molar-refractivity contribution in [2.24, 2.45) is 5.73 Å². The normalized spacial score (nSPS) is 19.5. The standard InChI is InChI=1S/C23H29ClN6O2/c1-23(2)11-16(21(31)27-12-13-7-9-14(10-8-13)19(25)26)30-17(23)18(24)29-20(22(30)32)28-15-5-3-4-6-15/h7-10,15-16H,3-6,11-12H2,1-2H3,(H3,25,26)(H,27,31)(H,28,29). The third-order valence-corrected chi connectivity index (χ3v) is 6.72. The molecule has 2 aliphatic rings. The first kappa shape index (κ1) is 22.3. The van der Waals surface area contributed by atoms with E-state index in [2.05, 4.69) is 15.6 Å². The van der Waals surface area contributed by atoms with E-state index < -0.39 is 11.5 Å². The van der Waals surface area contributed by atoms with Crippen molar-refractivity contribution in [3.05, 3.63) is 56.6 Å². The molecule has 5 N–H and O–H groups in total. The lowest BCUT2D eigenvalue weighted by atomic mass is 9.87. The van der Waals surface area contributed by atoms with Gasteiger partial charge in [0, 0.05) is 23.6 Å². The van der Waals surface area contributed by atoms with Crippen LogP contribution < -0.4 is 21.9 Å². The van der Waals surface area contributed by atoms with Gasteiger partial charge < -0.3 is 16.4 Å². The largest absolute Gasteiger partial charge is 0.384 e. The van der Waals surface area contributed by atoms with Crippen LogP contribution in [0.2, 0.25) is 5.15 Å². The second kappa shape index (κ2) is 8.58. The number of amides is 1. The van der Waals surface area contributed by atoms with Gasteiger partial charge in [-0.3, -0.25) is 19.6 Å². The van der Waals surface area contributed by atoms with E-state index in [0.29, 0.717) is 24.2 Å². The monoisotopic (exact) mass is 456 g/mol. The fraction of sp³-hybridized carbons (Fsp3) is 0.478. The Morgan fingerprint density at radius 1 is 1.28 bits per heavy atom. The summed E-state index contributed by atoms with van der Waals surface area (Å²) in [5.74, 6) is -0.0121. The minimum atomic E-state index is -0.659. The Morgan fingerprint density at radius 2 is 1.94 bits per heavy atom. The van der Waals surface area contributed by atoms with Gasteiger partial charge in [0.2, 0.25) is 5.91 Å². The molecule has 1 atom stereocenters. The van der Waals surface area contributed by atoms with Crippen LogP contribution in [-0.2, 0) is 16.8 Å². The van der Waals surface area contributed by atoms with Gasteiger partial charge in [0.05, 0.1) is 5.69 Å². The number of nitrogens with one attached hydrogen (secondary N) is 3. The molecule has 1 amide bonds. The molecule has 4 rings (SSSR count). The number of nitrogens with zero attached hydrogens (tertiary/aromatic N) is 2. The third-order valence-electron chi connectivity index (χ3n) is 6.45. The number of rotatable bonds is 6. The molecule has 1 aliphatic carbocycles. The average Bonchev–Trinajstić information content (AvgIpc) is 3.35. The van der Waals surface area contributed by atoms with E-state index in [1.807, 2.05) is 26.0 Å². The molecule has 8 nitrogen and oxygen atoms in total. The molecule has 2 aromatic rings. The lowest BCUT2D eigenvalue weighted by Crippen LogP contribution is -2.37. The summed E-state index contributed by atoms with van der Waals surface area (Å²) in [5.41, 5.74) is 6.84. The Hall–Kier alpha value is -2.87. The average molecular weight is 457 g/mol. The van der Waals surface area contributed by atoms with E-state index in [1.165, 1.54) is 4.57 Å². The molecule has 1 aliphatic heterocycles. The molecule has 0 radical (unpaired) electrons. The smallest absolute Gasteiger partial charge is 0.294 e. The van der Waals surface area contributed by atoms with Gasteiger partial charge in [-0.05, 0) is 24.8 Å². The highest BCUT2D eigenvalue weighted by molar-refractivity contribution is 6.30. The topological polar surface area (TPSA) is 126 Å². The Labute approximate surface area is 192 Å². The number of nitrogens with two attached hydrogens (primary N) is 1. The van der Waals surface area contributed by atoms with Gasteiger partial charge in [0.15, 0.2) is 11.0 Å². The maximum absolute atomic E-state index is 13.3. The highest BCUT2D eigenvalue weighted by Crippen LogP contribution is 2.43. The zero-order valence-electron chi connectivity index (χ0n) is 18.4. The van der Waals surface area contributed by atoms with Crippen LogP contribution in [0.4, 0.5) is 5.82 Å². The number of anilines is 1. The SMILES string of the molecule is CC1(C)CC(C(=O)NCc2ccc(C(=N)N)cc2)n2c1c(Cl)nc(NC1CCCC1)c2=O. The van der Waals surface area contributed by atoms with Crippen molar-refractivity contribution in [2.45, 2.75) is 70.0 Å². The van der Waals surface area contributed by atoms with Crippen molar-refractivity contribution in [1.29, 1.82) is 5.41 Å². The number of carbonyl (C=O) groups is 1. The lowest BCUT2D eigenvalue weighted by Gasteiger charge is -2.20. The fourth-order valence-electron chi connectivity index (χ4n) is 4.76. The van der Waals surface area contributed by atoms with E-state index in [0.717, 1.165) is 31.2 Å². The van der Waals surface area contributed by atoms with Crippen molar-refractivity contribution in [1.82, 2.24) is 14.9 Å². The Morgan fingerprint density at radius 3 is 2.56 bits per heavy atom. The van der Waals surface area contributed by atoms with E-state index in [-0.39, 0.29) is 34.3 Å². The summed E-state index contributed by atoms with van der Waals surface area (Å²) < 4.78 is 1.53. The molecular formula is C23H29ClN6O2. The van der Waals surface area contributed by atoms with Crippen LogP contribution in [0.1, 0.15) is 68.8 Å². The van der Waals surface area contributed by atoms with E-state index in [9.17, 15) is 9.59 Å². The molecule has 0 saturated heterocycles. The van der Waals surface area contributed by atoms with E-state index in [4.69, 9.17) is 22.7 Å². The molecule has 1 aromatic heterocycles. The van der Waals surface area contributed by atoms with Crippen molar-refractivity contribution in [2.75, 3.05) is 5.32 Å². The maximum Gasteiger partial charge on any atom is 0.294 e. The zero-order chi connectivity index (χ0) is 23.0. The molecule has 0 bridgehead atoms. The molecule has 1 fully saturated rings. The molecule has 2 heterocycles. The van der Waals surface area contributed by atoms with Crippen LogP contribution in [0, 0.1) is 5.41 Å². The van der Waals surface area contributed by atoms with Gasteiger partial charge in [-0.2, -0.15) is 0 Å². The number of amidine groups is 1. The second-order valence-corrected chi connectivity index (χ2v) is 9.69. The van der Waals surface area contributed by atoms with Crippen LogP contribution >= 0.6 is 11.6 Å². The quantitative estimate of drug-likeness (QED) is 0.392. The molecule has 1 unspecified atom stereocenters. The molecule has 170 valence electrons. The lowest BCUT2D eigenvalue weighted by molar-refractivity contribution is -0.124. The van der Waals surface area contributed by atoms with Gasteiger partial charge in [0.25, 0.3) is 5.56 Å². The summed E-state index contributed by atoms with van der Waals surface area (Å²) in [4.78, 5) is 30.9. The van der Waals surface area contributed by atoms with Crippen molar-refractivity contribution in [3.8, 4) is 0 Å². The van der Waals surface area contributed by atoms with Crippen molar-refractivity contribution in [3.63, 3.8) is 0 Å². The number of halogens is 1. The number of hydrogen-bond donors (Lipinski definition) is 4. The van der Waals surface area contributed by atoms with Gasteiger partial charge >= 0.3 is 0 Å². The fourth-order valence-corrected chi connectivity index (χ4v) is 5.20. The number of benzene rings is 1. The predicted molar refractivity (Wildman–Crippen MR) is 125 cm³/mol. The Bertz CT molecular complexity index is 1100. The first-order valence-electron chi connectivity index (χ1n) is 11.0. The Balaban J connectivity index is 1.58. The van der Waals surface area contributed by atoms with Crippen molar-refractivity contribution >= 4 is 29.2 Å². The van der Waals surface area contributed by atoms with Crippen LogP contribution in [0.3, 0.4) is 0 Å². The third kappa shape index (κ3) is 4.24. The van der Waals surface area contributed by atoms with Gasteiger partial charge in [-0.1, -0.05) is 62.6 Å². The van der Waals surface area contributed by atoms with Gasteiger partial charge in [0.1, 0.15) is 11.9 Å². The first-order chi connectivity index (χ1) is 15.2. The highest BCUT2D eigenvalue weighted by Gasteiger charge is 2.44. The van der Waals surface area contributed by atoms with Crippen LogP contribution in [0.5, 0.6) is 0 Å². The van der Waals surface area contributed by atoms with E-state index >= 15 is 0 Å².